The Bertz CT molecular complexity index is 1420. The summed E-state index contributed by atoms with van der Waals surface area (Å²) in [7, 11) is 0. The third-order valence-corrected chi connectivity index (χ3v) is 11.4. The number of carbonyl (C=O) groups excluding carboxylic acids is 5. The van der Waals surface area contributed by atoms with E-state index in [9.17, 15) is 33.9 Å². The van der Waals surface area contributed by atoms with Gasteiger partial charge < -0.3 is 45.4 Å². The molecule has 1 rings (SSSR count). The van der Waals surface area contributed by atoms with Crippen molar-refractivity contribution in [2.75, 3.05) is 65.9 Å². The normalized spacial score (nSPS) is 12.5. The molecule has 0 aliphatic rings. The number of imidazole rings is 1. The number of hydrogen-bond acceptors (Lipinski definition) is 12. The van der Waals surface area contributed by atoms with Gasteiger partial charge in [0.15, 0.2) is 5.78 Å². The van der Waals surface area contributed by atoms with Gasteiger partial charge in [-0.15, -0.1) is 0 Å². The second-order valence-corrected chi connectivity index (χ2v) is 17.9. The maximum Gasteiger partial charge on any atom is 0.306 e. The van der Waals surface area contributed by atoms with Crippen molar-refractivity contribution in [3.63, 3.8) is 0 Å². The van der Waals surface area contributed by atoms with Gasteiger partial charge in [0, 0.05) is 70.5 Å². The Kier molecular flexibility index (Phi) is 36.2. The van der Waals surface area contributed by atoms with Crippen LogP contribution < -0.4 is 16.4 Å². The fraction of sp³-hybridized carbons (Fsp3) is 0.816. The van der Waals surface area contributed by atoms with Gasteiger partial charge >= 0.3 is 5.97 Å². The number of aliphatic carboxylic acids is 1. The van der Waals surface area contributed by atoms with E-state index in [4.69, 9.17) is 24.7 Å². The number of nitrogens with two attached hydrogens (primary N) is 1. The molecule has 0 unspecified atom stereocenters. The number of ketones is 3. The summed E-state index contributed by atoms with van der Waals surface area (Å²) in [5.74, 6) is -2.87. The van der Waals surface area contributed by atoms with E-state index < -0.39 is 23.3 Å². The first-order chi connectivity index (χ1) is 31.4. The van der Waals surface area contributed by atoms with Crippen molar-refractivity contribution in [3.05, 3.63) is 18.2 Å². The molecule has 16 heteroatoms. The van der Waals surface area contributed by atoms with Gasteiger partial charge in [-0.1, -0.05) is 117 Å². The number of carbonyl (C=O) groups is 6. The maximum atomic E-state index is 13.0. The molecule has 65 heavy (non-hydrogen) atoms. The minimum atomic E-state index is -1.08. The average molecular weight is 924 g/mol. The molecular weight excluding hydrogens is 835 g/mol. The first-order valence-corrected chi connectivity index (χ1v) is 24.7. The molecule has 0 saturated carbocycles. The number of aromatic nitrogens is 2. The molecule has 376 valence electrons. The number of nitrogens with zero attached hydrogens (tertiary/aromatic N) is 1. The van der Waals surface area contributed by atoms with Crippen LogP contribution in [0.1, 0.15) is 176 Å². The lowest BCUT2D eigenvalue weighted by Gasteiger charge is -2.25. The van der Waals surface area contributed by atoms with Crippen LogP contribution in [-0.4, -0.2) is 122 Å². The minimum absolute atomic E-state index is 0. The number of rotatable bonds is 47. The number of H-pyrrole nitrogens is 1. The number of ether oxygens (including phenoxy) is 4. The molecule has 0 spiro atoms. The maximum absolute atomic E-state index is 13.0. The summed E-state index contributed by atoms with van der Waals surface area (Å²) in [4.78, 5) is 80.7. The Morgan fingerprint density at radius 2 is 1.22 bits per heavy atom. The van der Waals surface area contributed by atoms with Crippen LogP contribution in [0.4, 0.5) is 0 Å². The van der Waals surface area contributed by atoms with E-state index in [1.807, 2.05) is 0 Å². The van der Waals surface area contributed by atoms with Crippen molar-refractivity contribution < 1.29 is 54.2 Å². The van der Waals surface area contributed by atoms with Crippen LogP contribution >= 0.6 is 0 Å². The average Bonchev–Trinajstić information content (AvgIpc) is 3.79. The molecule has 0 aliphatic heterocycles. The zero-order valence-electron chi connectivity index (χ0n) is 40.4. The number of aromatic amines is 1. The van der Waals surface area contributed by atoms with E-state index >= 15 is 0 Å². The van der Waals surface area contributed by atoms with Gasteiger partial charge in [0.1, 0.15) is 24.8 Å². The lowest BCUT2D eigenvalue weighted by Crippen LogP contribution is -2.38. The molecule has 2 atom stereocenters. The van der Waals surface area contributed by atoms with E-state index in [1.165, 1.54) is 89.8 Å². The number of amides is 2. The summed E-state index contributed by atoms with van der Waals surface area (Å²) in [5, 5.41) is 15.1. The lowest BCUT2D eigenvalue weighted by molar-refractivity contribution is -0.145. The molecule has 1 aromatic heterocycles. The van der Waals surface area contributed by atoms with Crippen molar-refractivity contribution >= 4 is 35.1 Å². The monoisotopic (exact) mass is 924 g/mol. The molecule has 1 heterocycles. The number of nitrogens with one attached hydrogen (secondary N) is 3. The van der Waals surface area contributed by atoms with E-state index in [0.29, 0.717) is 69.9 Å². The SMILES string of the molecule is CCCCCCCCCCCCCCCCCC(=O)CCCOCCOCC(=O)NCCOCCOCC(=O)NCCCC[C@H](CC(=O)C(C)(C)CC(=O)[C@@H](N)Cc1cnc[nH]1)C(=O)O.[HH]. The van der Waals surface area contributed by atoms with Crippen LogP contribution in [0.2, 0.25) is 0 Å². The number of carboxylic acid groups (broad SMARTS) is 1. The number of Topliss-reactive ketones (excluding diaryl/α,β-unsaturated/α-hetero) is 3. The van der Waals surface area contributed by atoms with Crippen molar-refractivity contribution in [3.8, 4) is 0 Å². The van der Waals surface area contributed by atoms with Gasteiger partial charge in [0.05, 0.1) is 51.3 Å². The molecule has 0 bridgehead atoms. The van der Waals surface area contributed by atoms with E-state index in [0.717, 1.165) is 12.8 Å². The third-order valence-electron chi connectivity index (χ3n) is 11.4. The van der Waals surface area contributed by atoms with Gasteiger partial charge in [-0.3, -0.25) is 28.8 Å². The van der Waals surface area contributed by atoms with E-state index in [2.05, 4.69) is 27.5 Å². The van der Waals surface area contributed by atoms with Gasteiger partial charge in [0.25, 0.3) is 0 Å². The van der Waals surface area contributed by atoms with Gasteiger partial charge in [0.2, 0.25) is 11.8 Å². The molecule has 16 nitrogen and oxygen atoms in total. The molecule has 0 aromatic carbocycles. The molecule has 2 amide bonds. The first kappa shape index (κ1) is 59.4. The quantitative estimate of drug-likeness (QED) is 0.0406. The molecule has 1 aromatic rings. The fourth-order valence-electron chi connectivity index (χ4n) is 7.29. The second kappa shape index (κ2) is 39.6. The summed E-state index contributed by atoms with van der Waals surface area (Å²) in [6.45, 7) is 7.71. The van der Waals surface area contributed by atoms with Crippen molar-refractivity contribution in [1.29, 1.82) is 0 Å². The number of unbranched alkanes of at least 4 members (excludes halogenated alkanes) is 15. The first-order valence-electron chi connectivity index (χ1n) is 24.7. The molecule has 0 saturated heterocycles. The Morgan fingerprint density at radius 1 is 0.692 bits per heavy atom. The molecule has 0 fully saturated rings. The van der Waals surface area contributed by atoms with Crippen molar-refractivity contribution in [1.82, 2.24) is 20.6 Å². The summed E-state index contributed by atoms with van der Waals surface area (Å²) in [6.07, 6.45) is 25.9. The van der Waals surface area contributed by atoms with E-state index in [1.54, 1.807) is 20.0 Å². The van der Waals surface area contributed by atoms with Crippen molar-refractivity contribution in [2.45, 2.75) is 181 Å². The van der Waals surface area contributed by atoms with Gasteiger partial charge in [-0.05, 0) is 25.7 Å². The van der Waals surface area contributed by atoms with Crippen LogP contribution in [-0.2, 0) is 54.1 Å². The molecule has 0 radical (unpaired) electrons. The summed E-state index contributed by atoms with van der Waals surface area (Å²) < 4.78 is 21.7. The topological polar surface area (TPSA) is 238 Å². The highest BCUT2D eigenvalue weighted by molar-refractivity contribution is 5.94. The van der Waals surface area contributed by atoms with Crippen LogP contribution in [0.5, 0.6) is 0 Å². The fourth-order valence-corrected chi connectivity index (χ4v) is 7.29. The van der Waals surface area contributed by atoms with Crippen LogP contribution in [0.3, 0.4) is 0 Å². The Labute approximate surface area is 391 Å². The Morgan fingerprint density at radius 3 is 1.77 bits per heavy atom. The Hall–Kier alpha value is -3.57. The predicted octanol–water partition coefficient (Wildman–Crippen LogP) is 7.25. The summed E-state index contributed by atoms with van der Waals surface area (Å²) in [6, 6.07) is -0.804. The standard InChI is InChI=1S/C49H87N5O11.H2/c1-4-5-6-7-8-9-10-11-12-13-14-15-16-17-18-23-42(55)24-21-27-62-29-31-64-38-47(59)53-26-28-63-30-32-65-37-46(58)52-25-20-19-22-40(48(60)61)33-45(57)49(2,3)35-44(56)43(50)34-41-36-51-39-54-41;/h36,39-40,43H,4-35,37-38,50H2,1-3H3,(H,51,54)(H,52,58)(H,53,59)(H,60,61);1H/t40-,43+;/m1./s1. The summed E-state index contributed by atoms with van der Waals surface area (Å²) >= 11 is 0. The van der Waals surface area contributed by atoms with E-state index in [-0.39, 0.29) is 90.1 Å². The van der Waals surface area contributed by atoms with Crippen LogP contribution in [0, 0.1) is 11.3 Å². The highest BCUT2D eigenvalue weighted by Crippen LogP contribution is 2.28. The van der Waals surface area contributed by atoms with Crippen LogP contribution in [0.25, 0.3) is 0 Å². The minimum Gasteiger partial charge on any atom is -0.481 e. The lowest BCUT2D eigenvalue weighted by atomic mass is 9.77. The molecule has 6 N–H and O–H groups in total. The predicted molar refractivity (Wildman–Crippen MR) is 253 cm³/mol. The largest absolute Gasteiger partial charge is 0.481 e. The zero-order chi connectivity index (χ0) is 47.8. The highest BCUT2D eigenvalue weighted by Gasteiger charge is 2.35. The van der Waals surface area contributed by atoms with Gasteiger partial charge in [-0.25, -0.2) is 4.98 Å². The zero-order valence-corrected chi connectivity index (χ0v) is 40.4. The smallest absolute Gasteiger partial charge is 0.306 e. The van der Waals surface area contributed by atoms with Gasteiger partial charge in [-0.2, -0.15) is 0 Å². The van der Waals surface area contributed by atoms with Crippen LogP contribution in [0.15, 0.2) is 12.5 Å². The number of carboxylic acids is 1. The summed E-state index contributed by atoms with van der Waals surface area (Å²) in [5.41, 5.74) is 5.68. The Balaban J connectivity index is 0.0000422. The highest BCUT2D eigenvalue weighted by atomic mass is 16.5. The molecular formula is C49H89N5O11. The van der Waals surface area contributed by atoms with Crippen molar-refractivity contribution in [2.24, 2.45) is 17.1 Å². The molecule has 0 aliphatic carbocycles. The number of hydrogen-bond donors (Lipinski definition) is 5. The third kappa shape index (κ3) is 34.4. The second-order valence-electron chi connectivity index (χ2n) is 17.9.